The van der Waals surface area contributed by atoms with Gasteiger partial charge in [0.15, 0.2) is 0 Å². The number of carbonyl (C=O) groups excluding carboxylic acids is 1. The van der Waals surface area contributed by atoms with Crippen molar-refractivity contribution in [1.82, 2.24) is 5.43 Å². The average molecular weight is 208 g/mol. The van der Waals surface area contributed by atoms with E-state index in [9.17, 15) is 4.79 Å². The highest BCUT2D eigenvalue weighted by molar-refractivity contribution is 5.76. The van der Waals surface area contributed by atoms with Crippen molar-refractivity contribution in [2.45, 2.75) is 45.4 Å². The van der Waals surface area contributed by atoms with Crippen molar-refractivity contribution in [2.24, 2.45) is 11.0 Å². The Kier molecular flexibility index (Phi) is 5.74. The SMILES string of the molecule is CCCCC(=O)N/N=C/C1CC=CCC1. The zero-order chi connectivity index (χ0) is 10.9. The van der Waals surface area contributed by atoms with Crippen LogP contribution in [-0.4, -0.2) is 12.1 Å². The number of hydrogen-bond acceptors (Lipinski definition) is 2. The first-order valence-electron chi connectivity index (χ1n) is 5.80. The number of nitrogens with one attached hydrogen (secondary N) is 1. The van der Waals surface area contributed by atoms with E-state index in [0.29, 0.717) is 12.3 Å². The third-order valence-corrected chi connectivity index (χ3v) is 2.54. The van der Waals surface area contributed by atoms with Gasteiger partial charge in [0.1, 0.15) is 0 Å². The van der Waals surface area contributed by atoms with Crippen molar-refractivity contribution < 1.29 is 4.79 Å². The molecule has 0 aromatic carbocycles. The van der Waals surface area contributed by atoms with Crippen LogP contribution in [0.1, 0.15) is 45.4 Å². The second-order valence-corrected chi connectivity index (χ2v) is 3.96. The van der Waals surface area contributed by atoms with Gasteiger partial charge in [-0.2, -0.15) is 5.10 Å². The number of rotatable bonds is 5. The van der Waals surface area contributed by atoms with Crippen LogP contribution in [0.5, 0.6) is 0 Å². The summed E-state index contributed by atoms with van der Waals surface area (Å²) in [6.07, 6.45) is 12.1. The van der Waals surface area contributed by atoms with Crippen molar-refractivity contribution in [1.29, 1.82) is 0 Å². The minimum absolute atomic E-state index is 0.0273. The summed E-state index contributed by atoms with van der Waals surface area (Å²) in [6.45, 7) is 2.07. The molecule has 0 fully saturated rings. The molecule has 0 spiro atoms. The zero-order valence-corrected chi connectivity index (χ0v) is 9.41. The molecule has 3 nitrogen and oxygen atoms in total. The maximum atomic E-state index is 11.2. The van der Waals surface area contributed by atoms with Gasteiger partial charge in [0, 0.05) is 12.6 Å². The maximum absolute atomic E-state index is 11.2. The first-order valence-corrected chi connectivity index (χ1v) is 5.80. The zero-order valence-electron chi connectivity index (χ0n) is 9.41. The summed E-state index contributed by atoms with van der Waals surface area (Å²) < 4.78 is 0. The van der Waals surface area contributed by atoms with E-state index in [1.807, 2.05) is 6.21 Å². The first kappa shape index (κ1) is 12.0. The Labute approximate surface area is 91.6 Å². The molecule has 1 unspecified atom stereocenters. The van der Waals surface area contributed by atoms with E-state index in [1.165, 1.54) is 0 Å². The van der Waals surface area contributed by atoms with Crippen molar-refractivity contribution in [3.63, 3.8) is 0 Å². The van der Waals surface area contributed by atoms with Crippen LogP contribution in [0.3, 0.4) is 0 Å². The van der Waals surface area contributed by atoms with E-state index in [-0.39, 0.29) is 5.91 Å². The minimum atomic E-state index is 0.0273. The van der Waals surface area contributed by atoms with E-state index >= 15 is 0 Å². The molecule has 84 valence electrons. The molecule has 1 atom stereocenters. The normalized spacial score (nSPS) is 20.7. The second-order valence-electron chi connectivity index (χ2n) is 3.96. The van der Waals surface area contributed by atoms with Gasteiger partial charge < -0.3 is 0 Å². The molecule has 1 N–H and O–H groups in total. The smallest absolute Gasteiger partial charge is 0.240 e. The van der Waals surface area contributed by atoms with Gasteiger partial charge in [-0.15, -0.1) is 0 Å². The summed E-state index contributed by atoms with van der Waals surface area (Å²) in [5, 5.41) is 3.99. The molecule has 1 amide bonds. The van der Waals surface area contributed by atoms with Gasteiger partial charge in [-0.3, -0.25) is 4.79 Å². The van der Waals surface area contributed by atoms with Crippen molar-refractivity contribution >= 4 is 12.1 Å². The summed E-state index contributed by atoms with van der Waals surface area (Å²) in [5.74, 6) is 0.529. The Morgan fingerprint density at radius 1 is 1.60 bits per heavy atom. The Morgan fingerprint density at radius 2 is 2.47 bits per heavy atom. The highest BCUT2D eigenvalue weighted by Crippen LogP contribution is 2.15. The quantitative estimate of drug-likeness (QED) is 0.421. The van der Waals surface area contributed by atoms with Crippen molar-refractivity contribution in [3.8, 4) is 0 Å². The number of nitrogens with zero attached hydrogens (tertiary/aromatic N) is 1. The Balaban J connectivity index is 2.15. The summed E-state index contributed by atoms with van der Waals surface area (Å²) in [5.41, 5.74) is 2.57. The molecule has 1 rings (SSSR count). The lowest BCUT2D eigenvalue weighted by Crippen LogP contribution is -2.18. The monoisotopic (exact) mass is 208 g/mol. The number of carbonyl (C=O) groups is 1. The summed E-state index contributed by atoms with van der Waals surface area (Å²) in [7, 11) is 0. The summed E-state index contributed by atoms with van der Waals surface area (Å²) in [6, 6.07) is 0. The molecule has 0 aromatic rings. The highest BCUT2D eigenvalue weighted by atomic mass is 16.2. The number of unbranched alkanes of at least 4 members (excludes halogenated alkanes) is 1. The fourth-order valence-corrected chi connectivity index (χ4v) is 1.56. The fraction of sp³-hybridized carbons (Fsp3) is 0.667. The lowest BCUT2D eigenvalue weighted by Gasteiger charge is -2.11. The number of amides is 1. The molecule has 1 aliphatic rings. The average Bonchev–Trinajstić information content (AvgIpc) is 2.28. The van der Waals surface area contributed by atoms with Crippen LogP contribution in [0, 0.1) is 5.92 Å². The first-order chi connectivity index (χ1) is 7.33. The summed E-state index contributed by atoms with van der Waals surface area (Å²) in [4.78, 5) is 11.2. The summed E-state index contributed by atoms with van der Waals surface area (Å²) >= 11 is 0. The molecule has 1 aliphatic carbocycles. The van der Waals surface area contributed by atoms with Gasteiger partial charge in [-0.25, -0.2) is 5.43 Å². The van der Waals surface area contributed by atoms with Crippen LogP contribution in [0.25, 0.3) is 0 Å². The second kappa shape index (κ2) is 7.21. The Bertz CT molecular complexity index is 246. The standard InChI is InChI=1S/C12H20N2O/c1-2-3-9-12(15)14-13-10-11-7-5-4-6-8-11/h4-5,10-11H,2-3,6-9H2,1H3,(H,14,15)/b13-10+. The molecule has 0 aromatic heterocycles. The maximum Gasteiger partial charge on any atom is 0.240 e. The third-order valence-electron chi connectivity index (χ3n) is 2.54. The Morgan fingerprint density at radius 3 is 3.13 bits per heavy atom. The van der Waals surface area contributed by atoms with E-state index in [1.54, 1.807) is 0 Å². The predicted molar refractivity (Wildman–Crippen MR) is 62.6 cm³/mol. The van der Waals surface area contributed by atoms with E-state index in [2.05, 4.69) is 29.6 Å². The number of allylic oxidation sites excluding steroid dienone is 2. The third kappa shape index (κ3) is 5.35. The molecule has 0 radical (unpaired) electrons. The van der Waals surface area contributed by atoms with Gasteiger partial charge >= 0.3 is 0 Å². The van der Waals surface area contributed by atoms with Gasteiger partial charge in [0.05, 0.1) is 0 Å². The highest BCUT2D eigenvalue weighted by Gasteiger charge is 2.06. The molecular formula is C12H20N2O. The number of hydrogen-bond donors (Lipinski definition) is 1. The predicted octanol–water partition coefficient (Wildman–Crippen LogP) is 2.63. The van der Waals surface area contributed by atoms with Crippen LogP contribution in [0.4, 0.5) is 0 Å². The molecule has 0 saturated carbocycles. The van der Waals surface area contributed by atoms with Crippen LogP contribution < -0.4 is 5.43 Å². The van der Waals surface area contributed by atoms with E-state index in [4.69, 9.17) is 0 Å². The molecule has 15 heavy (non-hydrogen) atoms. The lowest BCUT2D eigenvalue weighted by atomic mass is 9.96. The topological polar surface area (TPSA) is 41.5 Å². The molecule has 0 aliphatic heterocycles. The fourth-order valence-electron chi connectivity index (χ4n) is 1.56. The van der Waals surface area contributed by atoms with E-state index < -0.39 is 0 Å². The Hall–Kier alpha value is -1.12. The van der Waals surface area contributed by atoms with Gasteiger partial charge in [0.2, 0.25) is 5.91 Å². The van der Waals surface area contributed by atoms with Crippen LogP contribution >= 0.6 is 0 Å². The van der Waals surface area contributed by atoms with Gasteiger partial charge in [0.25, 0.3) is 0 Å². The van der Waals surface area contributed by atoms with Crippen LogP contribution in [0.15, 0.2) is 17.3 Å². The molecule has 0 bridgehead atoms. The van der Waals surface area contributed by atoms with Crippen molar-refractivity contribution in [3.05, 3.63) is 12.2 Å². The van der Waals surface area contributed by atoms with Gasteiger partial charge in [-0.1, -0.05) is 25.5 Å². The molecule has 3 heteroatoms. The molecular weight excluding hydrogens is 188 g/mol. The largest absolute Gasteiger partial charge is 0.273 e. The lowest BCUT2D eigenvalue weighted by molar-refractivity contribution is -0.121. The minimum Gasteiger partial charge on any atom is -0.273 e. The molecule has 0 saturated heterocycles. The van der Waals surface area contributed by atoms with E-state index in [0.717, 1.165) is 32.1 Å². The van der Waals surface area contributed by atoms with Crippen LogP contribution in [0.2, 0.25) is 0 Å². The van der Waals surface area contributed by atoms with Gasteiger partial charge in [-0.05, 0) is 31.6 Å². The number of hydrazone groups is 1. The molecule has 0 heterocycles. The van der Waals surface area contributed by atoms with Crippen molar-refractivity contribution in [2.75, 3.05) is 0 Å². The van der Waals surface area contributed by atoms with Crippen LogP contribution in [-0.2, 0) is 4.79 Å².